The summed E-state index contributed by atoms with van der Waals surface area (Å²) >= 11 is 0. The van der Waals surface area contributed by atoms with Gasteiger partial charge in [0.25, 0.3) is 0 Å². The van der Waals surface area contributed by atoms with Crippen LogP contribution in [0.25, 0.3) is 0 Å². The van der Waals surface area contributed by atoms with E-state index < -0.39 is 7.32 Å². The summed E-state index contributed by atoms with van der Waals surface area (Å²) in [5.41, 5.74) is 0. The first kappa shape index (κ1) is 14.0. The summed E-state index contributed by atoms with van der Waals surface area (Å²) in [6, 6.07) is 0.560. The summed E-state index contributed by atoms with van der Waals surface area (Å²) in [5.74, 6) is 0.878. The summed E-state index contributed by atoms with van der Waals surface area (Å²) in [5, 5.41) is 17.3. The van der Waals surface area contributed by atoms with E-state index in [4.69, 9.17) is 10.0 Å². The highest BCUT2D eigenvalue weighted by atomic mass is 16.6. The Morgan fingerprint density at radius 3 is 2.21 bits per heavy atom. The van der Waals surface area contributed by atoms with E-state index in [0.29, 0.717) is 12.0 Å². The molecule has 2 heterocycles. The average molecular weight is 266 g/mol. The molecule has 104 valence electrons. The Kier molecular flexibility index (Phi) is 4.57. The SMILES string of the molecule is CC(C)N1CCN(c2ncc(OB(O)O)cn2)CC1. The first-order valence-electron chi connectivity index (χ1n) is 6.40. The number of aromatic nitrogens is 2. The summed E-state index contributed by atoms with van der Waals surface area (Å²) in [6.45, 7) is 8.16. The number of rotatable bonds is 4. The Morgan fingerprint density at radius 1 is 1.16 bits per heavy atom. The van der Waals surface area contributed by atoms with Crippen LogP contribution >= 0.6 is 0 Å². The predicted octanol–water partition coefficient (Wildman–Crippen LogP) is -0.645. The predicted molar refractivity (Wildman–Crippen MR) is 71.8 cm³/mol. The molecule has 0 unspecified atom stereocenters. The number of anilines is 1. The van der Waals surface area contributed by atoms with Crippen molar-refractivity contribution in [3.05, 3.63) is 12.4 Å². The van der Waals surface area contributed by atoms with Crippen molar-refractivity contribution >= 4 is 13.3 Å². The molecule has 1 aliphatic heterocycles. The van der Waals surface area contributed by atoms with Crippen LogP contribution in [0.15, 0.2) is 12.4 Å². The third-order valence-corrected chi connectivity index (χ3v) is 3.18. The monoisotopic (exact) mass is 266 g/mol. The molecule has 0 saturated carbocycles. The molecular formula is C11H19BN4O3. The van der Waals surface area contributed by atoms with Crippen LogP contribution in [0, 0.1) is 0 Å². The second-order valence-corrected chi connectivity index (χ2v) is 4.78. The summed E-state index contributed by atoms with van der Waals surface area (Å²) in [4.78, 5) is 12.9. The second-order valence-electron chi connectivity index (χ2n) is 4.78. The molecule has 8 heteroatoms. The minimum absolute atomic E-state index is 0.236. The standard InChI is InChI=1S/C11H19BN4O3/c1-9(2)15-3-5-16(6-4-15)11-13-7-10(8-14-11)19-12(17)18/h7-9,17-18H,3-6H2,1-2H3. The maximum Gasteiger partial charge on any atom is 0.707 e. The van der Waals surface area contributed by atoms with E-state index in [1.54, 1.807) is 0 Å². The normalized spacial score (nSPS) is 16.8. The third-order valence-electron chi connectivity index (χ3n) is 3.18. The van der Waals surface area contributed by atoms with Crippen molar-refractivity contribution < 1.29 is 14.7 Å². The van der Waals surface area contributed by atoms with E-state index in [9.17, 15) is 0 Å². The molecule has 0 spiro atoms. The molecule has 7 nitrogen and oxygen atoms in total. The highest BCUT2D eigenvalue weighted by Gasteiger charge is 2.20. The highest BCUT2D eigenvalue weighted by Crippen LogP contribution is 2.15. The van der Waals surface area contributed by atoms with Gasteiger partial charge in [-0.1, -0.05) is 0 Å². The fourth-order valence-electron chi connectivity index (χ4n) is 2.09. The molecule has 0 atom stereocenters. The zero-order chi connectivity index (χ0) is 13.8. The maximum atomic E-state index is 8.67. The van der Waals surface area contributed by atoms with Crippen molar-refractivity contribution in [2.24, 2.45) is 0 Å². The lowest BCUT2D eigenvalue weighted by Gasteiger charge is -2.36. The second kappa shape index (κ2) is 6.18. The van der Waals surface area contributed by atoms with Gasteiger partial charge in [0.2, 0.25) is 5.95 Å². The molecular weight excluding hydrogens is 247 g/mol. The van der Waals surface area contributed by atoms with Crippen LogP contribution in [-0.4, -0.2) is 64.5 Å². The Balaban J connectivity index is 1.92. The quantitative estimate of drug-likeness (QED) is 0.701. The zero-order valence-corrected chi connectivity index (χ0v) is 11.2. The topological polar surface area (TPSA) is 82.0 Å². The van der Waals surface area contributed by atoms with E-state index in [1.165, 1.54) is 12.4 Å². The molecule has 1 saturated heterocycles. The largest absolute Gasteiger partial charge is 0.707 e. The molecule has 1 aliphatic rings. The van der Waals surface area contributed by atoms with Crippen molar-refractivity contribution in [2.75, 3.05) is 31.1 Å². The molecule has 19 heavy (non-hydrogen) atoms. The first-order chi connectivity index (χ1) is 9.06. The van der Waals surface area contributed by atoms with E-state index in [1.807, 2.05) is 0 Å². The molecule has 2 N–H and O–H groups in total. The lowest BCUT2D eigenvalue weighted by Crippen LogP contribution is -2.49. The fourth-order valence-corrected chi connectivity index (χ4v) is 2.09. The number of hydrogen-bond donors (Lipinski definition) is 2. The number of hydrogen-bond acceptors (Lipinski definition) is 7. The summed E-state index contributed by atoms with van der Waals surface area (Å²) in [7, 11) is -1.84. The lowest BCUT2D eigenvalue weighted by atomic mass is 10.2. The van der Waals surface area contributed by atoms with Crippen LogP contribution in [0.2, 0.25) is 0 Å². The molecule has 1 fully saturated rings. The van der Waals surface area contributed by atoms with Gasteiger partial charge in [0.15, 0.2) is 0 Å². The highest BCUT2D eigenvalue weighted by molar-refractivity contribution is 6.33. The number of nitrogens with zero attached hydrogens (tertiary/aromatic N) is 4. The molecule has 1 aromatic heterocycles. The van der Waals surface area contributed by atoms with Crippen LogP contribution < -0.4 is 9.55 Å². The third kappa shape index (κ3) is 3.79. The van der Waals surface area contributed by atoms with Gasteiger partial charge in [-0.15, -0.1) is 0 Å². The van der Waals surface area contributed by atoms with Gasteiger partial charge >= 0.3 is 7.32 Å². The average Bonchev–Trinajstić information content (AvgIpc) is 2.39. The Labute approximate surface area is 113 Å². The molecule has 1 aromatic rings. The molecule has 0 bridgehead atoms. The van der Waals surface area contributed by atoms with Gasteiger partial charge in [0, 0.05) is 32.2 Å². The molecule has 0 aromatic carbocycles. The number of piperazine rings is 1. The van der Waals surface area contributed by atoms with E-state index in [0.717, 1.165) is 26.2 Å². The van der Waals surface area contributed by atoms with Crippen LogP contribution in [0.4, 0.5) is 5.95 Å². The van der Waals surface area contributed by atoms with E-state index >= 15 is 0 Å². The molecule has 2 rings (SSSR count). The lowest BCUT2D eigenvalue weighted by molar-refractivity contribution is 0.208. The van der Waals surface area contributed by atoms with Gasteiger partial charge < -0.3 is 19.6 Å². The van der Waals surface area contributed by atoms with Gasteiger partial charge in [-0.25, -0.2) is 9.97 Å². The fraction of sp³-hybridized carbons (Fsp3) is 0.636. The van der Waals surface area contributed by atoms with Crippen LogP contribution in [0.1, 0.15) is 13.8 Å². The van der Waals surface area contributed by atoms with Gasteiger partial charge in [-0.3, -0.25) is 4.90 Å². The van der Waals surface area contributed by atoms with Gasteiger partial charge in [0.05, 0.1) is 12.4 Å². The van der Waals surface area contributed by atoms with Crippen LogP contribution in [0.3, 0.4) is 0 Å². The molecule has 0 amide bonds. The van der Waals surface area contributed by atoms with Crippen molar-refractivity contribution in [3.63, 3.8) is 0 Å². The Bertz CT molecular complexity index is 393. The van der Waals surface area contributed by atoms with Crippen molar-refractivity contribution in [2.45, 2.75) is 19.9 Å². The van der Waals surface area contributed by atoms with Gasteiger partial charge in [0.1, 0.15) is 5.75 Å². The summed E-state index contributed by atoms with van der Waals surface area (Å²) in [6.07, 6.45) is 2.88. The van der Waals surface area contributed by atoms with E-state index in [-0.39, 0.29) is 5.75 Å². The van der Waals surface area contributed by atoms with Crippen molar-refractivity contribution in [1.29, 1.82) is 0 Å². The maximum absolute atomic E-state index is 8.67. The van der Waals surface area contributed by atoms with Crippen LogP contribution in [-0.2, 0) is 0 Å². The summed E-state index contributed by atoms with van der Waals surface area (Å²) < 4.78 is 4.66. The zero-order valence-electron chi connectivity index (χ0n) is 11.2. The minimum Gasteiger partial charge on any atom is -0.509 e. The van der Waals surface area contributed by atoms with Gasteiger partial charge in [-0.05, 0) is 13.8 Å². The Morgan fingerprint density at radius 2 is 1.74 bits per heavy atom. The smallest absolute Gasteiger partial charge is 0.509 e. The minimum atomic E-state index is -1.84. The molecule has 0 radical (unpaired) electrons. The Hall–Kier alpha value is -1.38. The first-order valence-corrected chi connectivity index (χ1v) is 6.40. The van der Waals surface area contributed by atoms with E-state index in [2.05, 4.69) is 38.3 Å². The molecule has 0 aliphatic carbocycles. The van der Waals surface area contributed by atoms with Crippen molar-refractivity contribution in [1.82, 2.24) is 14.9 Å². The van der Waals surface area contributed by atoms with Crippen molar-refractivity contribution in [3.8, 4) is 5.75 Å². The van der Waals surface area contributed by atoms with Crippen LogP contribution in [0.5, 0.6) is 5.75 Å². The van der Waals surface area contributed by atoms with Gasteiger partial charge in [-0.2, -0.15) is 0 Å².